The Morgan fingerprint density at radius 1 is 1.38 bits per heavy atom. The highest BCUT2D eigenvalue weighted by Crippen LogP contribution is 2.24. The van der Waals surface area contributed by atoms with Gasteiger partial charge in [0.1, 0.15) is 12.4 Å². The first-order valence-corrected chi connectivity index (χ1v) is 7.78. The summed E-state index contributed by atoms with van der Waals surface area (Å²) in [5, 5.41) is 0. The Hall–Kier alpha value is -1.55. The maximum atomic E-state index is 12.4. The van der Waals surface area contributed by atoms with E-state index in [4.69, 9.17) is 10.5 Å². The molecule has 1 aliphatic rings. The third-order valence-electron chi connectivity index (χ3n) is 4.20. The lowest BCUT2D eigenvalue weighted by Crippen LogP contribution is -2.45. The van der Waals surface area contributed by atoms with Gasteiger partial charge in [-0.1, -0.05) is 25.0 Å². The van der Waals surface area contributed by atoms with Gasteiger partial charge in [0.05, 0.1) is 12.5 Å². The molecule has 0 aromatic heterocycles. The van der Waals surface area contributed by atoms with Crippen LogP contribution in [0.3, 0.4) is 0 Å². The molecule has 1 aliphatic carbocycles. The Morgan fingerprint density at radius 2 is 2.14 bits per heavy atom. The Morgan fingerprint density at radius 3 is 2.86 bits per heavy atom. The molecule has 1 amide bonds. The average molecular weight is 290 g/mol. The molecule has 2 rings (SSSR count). The maximum absolute atomic E-state index is 12.4. The van der Waals surface area contributed by atoms with Crippen molar-refractivity contribution in [3.8, 4) is 5.75 Å². The number of likely N-dealkylation sites (N-methyl/N-ethyl adjacent to an activating group) is 1. The van der Waals surface area contributed by atoms with Crippen LogP contribution in [0, 0.1) is 12.8 Å². The zero-order chi connectivity index (χ0) is 15.2. The van der Waals surface area contributed by atoms with Gasteiger partial charge in [0.25, 0.3) is 0 Å². The van der Waals surface area contributed by atoms with Gasteiger partial charge >= 0.3 is 0 Å². The number of carbonyl (C=O) groups is 1. The predicted octanol–water partition coefficient (Wildman–Crippen LogP) is 2.35. The summed E-state index contributed by atoms with van der Waals surface area (Å²) in [6, 6.07) is 7.96. The number of hydrogen-bond donors (Lipinski definition) is 1. The fourth-order valence-corrected chi connectivity index (χ4v) is 2.86. The fourth-order valence-electron chi connectivity index (χ4n) is 2.86. The molecular formula is C17H26N2O2. The van der Waals surface area contributed by atoms with Gasteiger partial charge in [-0.15, -0.1) is 0 Å². The smallest absolute Gasteiger partial charge is 0.227 e. The molecule has 4 nitrogen and oxygen atoms in total. The van der Waals surface area contributed by atoms with E-state index in [9.17, 15) is 4.79 Å². The number of aryl methyl sites for hydroxylation is 1. The van der Waals surface area contributed by atoms with E-state index >= 15 is 0 Å². The van der Waals surface area contributed by atoms with Crippen LogP contribution in [0.5, 0.6) is 5.75 Å². The number of carbonyl (C=O) groups excluding carboxylic acids is 1. The van der Waals surface area contributed by atoms with Gasteiger partial charge in [-0.2, -0.15) is 0 Å². The van der Waals surface area contributed by atoms with Crippen LogP contribution in [0.25, 0.3) is 0 Å². The van der Waals surface area contributed by atoms with E-state index in [1.54, 1.807) is 4.90 Å². The van der Waals surface area contributed by atoms with E-state index in [1.165, 1.54) is 5.56 Å². The second-order valence-electron chi connectivity index (χ2n) is 5.98. The van der Waals surface area contributed by atoms with Gasteiger partial charge in [0.2, 0.25) is 5.91 Å². The van der Waals surface area contributed by atoms with Crippen molar-refractivity contribution in [2.75, 3.05) is 20.2 Å². The first-order chi connectivity index (χ1) is 10.1. The van der Waals surface area contributed by atoms with Gasteiger partial charge in [0, 0.05) is 13.1 Å². The summed E-state index contributed by atoms with van der Waals surface area (Å²) in [5.41, 5.74) is 7.25. The zero-order valence-corrected chi connectivity index (χ0v) is 13.0. The highest BCUT2D eigenvalue weighted by Gasteiger charge is 2.30. The van der Waals surface area contributed by atoms with Crippen molar-refractivity contribution in [2.45, 2.75) is 38.6 Å². The average Bonchev–Trinajstić information content (AvgIpc) is 2.47. The SMILES string of the molecule is Cc1cccc(OCCN(C)C(=O)C2CCCCC2N)c1. The molecule has 1 aromatic carbocycles. The van der Waals surface area contributed by atoms with Crippen LogP contribution in [0.2, 0.25) is 0 Å². The molecule has 0 spiro atoms. The molecule has 0 heterocycles. The number of hydrogen-bond acceptors (Lipinski definition) is 3. The Balaban J connectivity index is 1.78. The Labute approximate surface area is 127 Å². The third kappa shape index (κ3) is 4.46. The number of benzene rings is 1. The van der Waals surface area contributed by atoms with Crippen molar-refractivity contribution < 1.29 is 9.53 Å². The molecule has 2 atom stereocenters. The summed E-state index contributed by atoms with van der Waals surface area (Å²) in [7, 11) is 1.84. The molecule has 116 valence electrons. The van der Waals surface area contributed by atoms with Crippen molar-refractivity contribution in [1.82, 2.24) is 4.90 Å². The zero-order valence-electron chi connectivity index (χ0n) is 13.0. The van der Waals surface area contributed by atoms with Crippen LogP contribution in [0.1, 0.15) is 31.2 Å². The standard InChI is InChI=1S/C17H26N2O2/c1-13-6-5-7-14(12-13)21-11-10-19(2)17(20)15-8-3-4-9-16(15)18/h5-7,12,15-16H,3-4,8-11,18H2,1-2H3. The summed E-state index contributed by atoms with van der Waals surface area (Å²) >= 11 is 0. The Kier molecular flexibility index (Phi) is 5.62. The number of nitrogens with two attached hydrogens (primary N) is 1. The Bertz CT molecular complexity index is 476. The van der Waals surface area contributed by atoms with Crippen molar-refractivity contribution in [3.05, 3.63) is 29.8 Å². The van der Waals surface area contributed by atoms with E-state index < -0.39 is 0 Å². The van der Waals surface area contributed by atoms with Gasteiger partial charge < -0.3 is 15.4 Å². The molecule has 2 unspecified atom stereocenters. The molecule has 1 aromatic rings. The second kappa shape index (κ2) is 7.46. The quantitative estimate of drug-likeness (QED) is 0.905. The van der Waals surface area contributed by atoms with Crippen molar-refractivity contribution in [2.24, 2.45) is 11.7 Å². The molecule has 0 aliphatic heterocycles. The summed E-state index contributed by atoms with van der Waals surface area (Å²) in [6.07, 6.45) is 4.13. The van der Waals surface area contributed by atoms with Crippen LogP contribution >= 0.6 is 0 Å². The minimum Gasteiger partial charge on any atom is -0.492 e. The third-order valence-corrected chi connectivity index (χ3v) is 4.20. The molecular weight excluding hydrogens is 264 g/mol. The van der Waals surface area contributed by atoms with E-state index in [1.807, 2.05) is 38.2 Å². The van der Waals surface area contributed by atoms with Crippen molar-refractivity contribution >= 4 is 5.91 Å². The summed E-state index contributed by atoms with van der Waals surface area (Å²) < 4.78 is 5.70. The van der Waals surface area contributed by atoms with Crippen LogP contribution in [0.4, 0.5) is 0 Å². The number of ether oxygens (including phenoxy) is 1. The maximum Gasteiger partial charge on any atom is 0.227 e. The van der Waals surface area contributed by atoms with E-state index in [2.05, 4.69) is 0 Å². The van der Waals surface area contributed by atoms with Gasteiger partial charge in [-0.05, 0) is 37.5 Å². The normalized spacial score (nSPS) is 21.9. The molecule has 0 saturated heterocycles. The van der Waals surface area contributed by atoms with Gasteiger partial charge in [0.15, 0.2) is 0 Å². The largest absolute Gasteiger partial charge is 0.492 e. The summed E-state index contributed by atoms with van der Waals surface area (Å²) in [6.45, 7) is 3.14. The lowest BCUT2D eigenvalue weighted by molar-refractivity contribution is -0.136. The van der Waals surface area contributed by atoms with E-state index in [0.29, 0.717) is 13.2 Å². The highest BCUT2D eigenvalue weighted by atomic mass is 16.5. The number of amides is 1. The molecule has 1 fully saturated rings. The van der Waals surface area contributed by atoms with Crippen LogP contribution in [-0.2, 0) is 4.79 Å². The topological polar surface area (TPSA) is 55.6 Å². The van der Waals surface area contributed by atoms with E-state index in [-0.39, 0.29) is 17.9 Å². The summed E-state index contributed by atoms with van der Waals surface area (Å²) in [5.74, 6) is 1.00. The van der Waals surface area contributed by atoms with Gasteiger partial charge in [-0.25, -0.2) is 0 Å². The monoisotopic (exact) mass is 290 g/mol. The van der Waals surface area contributed by atoms with Crippen molar-refractivity contribution in [1.29, 1.82) is 0 Å². The molecule has 2 N–H and O–H groups in total. The lowest BCUT2D eigenvalue weighted by Gasteiger charge is -2.31. The van der Waals surface area contributed by atoms with Crippen LogP contribution in [-0.4, -0.2) is 37.0 Å². The first kappa shape index (κ1) is 15.8. The predicted molar refractivity (Wildman–Crippen MR) is 84.2 cm³/mol. The van der Waals surface area contributed by atoms with Crippen LogP contribution < -0.4 is 10.5 Å². The molecule has 21 heavy (non-hydrogen) atoms. The lowest BCUT2D eigenvalue weighted by atomic mass is 9.84. The number of rotatable bonds is 5. The highest BCUT2D eigenvalue weighted by molar-refractivity contribution is 5.79. The minimum atomic E-state index is -0.0114. The molecule has 0 radical (unpaired) electrons. The minimum absolute atomic E-state index is 0.0114. The second-order valence-corrected chi connectivity index (χ2v) is 5.98. The first-order valence-electron chi connectivity index (χ1n) is 7.78. The number of nitrogens with zero attached hydrogens (tertiary/aromatic N) is 1. The van der Waals surface area contributed by atoms with Crippen molar-refractivity contribution in [3.63, 3.8) is 0 Å². The summed E-state index contributed by atoms with van der Waals surface area (Å²) in [4.78, 5) is 14.2. The van der Waals surface area contributed by atoms with Gasteiger partial charge in [-0.3, -0.25) is 4.79 Å². The fraction of sp³-hybridized carbons (Fsp3) is 0.588. The van der Waals surface area contributed by atoms with Crippen LogP contribution in [0.15, 0.2) is 24.3 Å². The van der Waals surface area contributed by atoms with E-state index in [0.717, 1.165) is 31.4 Å². The molecule has 4 heteroatoms. The molecule has 0 bridgehead atoms. The molecule has 1 saturated carbocycles.